The molecule has 1 unspecified atom stereocenters. The van der Waals surface area contributed by atoms with Gasteiger partial charge in [0.2, 0.25) is 0 Å². The average Bonchev–Trinajstić information content (AvgIpc) is 2.38. The maximum absolute atomic E-state index is 13.8. The van der Waals surface area contributed by atoms with Crippen molar-refractivity contribution in [2.45, 2.75) is 19.6 Å². The van der Waals surface area contributed by atoms with Gasteiger partial charge in [0.1, 0.15) is 5.82 Å². The number of halogens is 1. The van der Waals surface area contributed by atoms with Gasteiger partial charge in [0, 0.05) is 19.6 Å². The number of hydrogen-bond acceptors (Lipinski definition) is 4. The van der Waals surface area contributed by atoms with E-state index < -0.39 is 11.8 Å². The van der Waals surface area contributed by atoms with E-state index in [1.54, 1.807) is 6.07 Å². The van der Waals surface area contributed by atoms with Crippen LogP contribution in [0, 0.1) is 5.82 Å². The highest BCUT2D eigenvalue weighted by Crippen LogP contribution is 2.15. The lowest BCUT2D eigenvalue weighted by Crippen LogP contribution is -2.40. The number of ether oxygens (including phenoxy) is 2. The van der Waals surface area contributed by atoms with Gasteiger partial charge in [-0.25, -0.2) is 9.18 Å². The minimum atomic E-state index is -0.649. The van der Waals surface area contributed by atoms with Crippen LogP contribution in [0.1, 0.15) is 22.8 Å². The molecule has 1 aliphatic heterocycles. The van der Waals surface area contributed by atoms with Crippen LogP contribution in [0.2, 0.25) is 0 Å². The van der Waals surface area contributed by atoms with Crippen LogP contribution in [0.5, 0.6) is 0 Å². The van der Waals surface area contributed by atoms with Crippen molar-refractivity contribution >= 4 is 5.97 Å². The molecule has 0 saturated carbocycles. The Labute approximate surface area is 112 Å². The number of methoxy groups -OCH3 is 1. The lowest BCUT2D eigenvalue weighted by Gasteiger charge is -2.31. The number of rotatable bonds is 3. The molecule has 0 amide bonds. The van der Waals surface area contributed by atoms with Crippen LogP contribution >= 0.6 is 0 Å². The fourth-order valence-corrected chi connectivity index (χ4v) is 2.22. The second-order valence-electron chi connectivity index (χ2n) is 4.72. The second kappa shape index (κ2) is 6.12. The van der Waals surface area contributed by atoms with E-state index in [4.69, 9.17) is 4.74 Å². The molecule has 0 aromatic heterocycles. The van der Waals surface area contributed by atoms with E-state index in [9.17, 15) is 9.18 Å². The summed E-state index contributed by atoms with van der Waals surface area (Å²) >= 11 is 0. The van der Waals surface area contributed by atoms with E-state index in [1.165, 1.54) is 19.2 Å². The fourth-order valence-electron chi connectivity index (χ4n) is 2.22. The van der Waals surface area contributed by atoms with Gasteiger partial charge in [-0.1, -0.05) is 6.07 Å². The first-order valence-corrected chi connectivity index (χ1v) is 6.31. The predicted octanol–water partition coefficient (Wildman–Crippen LogP) is 1.83. The van der Waals surface area contributed by atoms with E-state index >= 15 is 0 Å². The van der Waals surface area contributed by atoms with Crippen LogP contribution in [0.15, 0.2) is 18.2 Å². The molecule has 0 spiro atoms. The summed E-state index contributed by atoms with van der Waals surface area (Å²) in [4.78, 5) is 13.5. The van der Waals surface area contributed by atoms with Gasteiger partial charge in [-0.2, -0.15) is 0 Å². The first kappa shape index (κ1) is 14.0. The molecule has 0 bridgehead atoms. The Morgan fingerprint density at radius 1 is 1.58 bits per heavy atom. The van der Waals surface area contributed by atoms with Crippen LogP contribution in [0.3, 0.4) is 0 Å². The molecule has 5 heteroatoms. The molecule has 1 atom stereocenters. The molecule has 1 aromatic rings. The number of carbonyl (C=O) groups is 1. The maximum atomic E-state index is 13.8. The SMILES string of the molecule is COC(=O)c1ccc(CN2CCOC(C)C2)cc1F. The van der Waals surface area contributed by atoms with E-state index in [0.29, 0.717) is 13.2 Å². The summed E-state index contributed by atoms with van der Waals surface area (Å²) in [6.07, 6.45) is 0.202. The van der Waals surface area contributed by atoms with Crippen molar-refractivity contribution in [3.8, 4) is 0 Å². The molecule has 4 nitrogen and oxygen atoms in total. The second-order valence-corrected chi connectivity index (χ2v) is 4.72. The van der Waals surface area contributed by atoms with Gasteiger partial charge in [0.15, 0.2) is 0 Å². The summed E-state index contributed by atoms with van der Waals surface area (Å²) in [5.41, 5.74) is 0.820. The quantitative estimate of drug-likeness (QED) is 0.783. The third-order valence-corrected chi connectivity index (χ3v) is 3.17. The molecule has 2 rings (SSSR count). The summed E-state index contributed by atoms with van der Waals surface area (Å²) in [6.45, 7) is 5.05. The number of nitrogens with zero attached hydrogens (tertiary/aromatic N) is 1. The average molecular weight is 267 g/mol. The molecular weight excluding hydrogens is 249 g/mol. The number of hydrogen-bond donors (Lipinski definition) is 0. The van der Waals surface area contributed by atoms with Gasteiger partial charge in [-0.05, 0) is 24.6 Å². The number of esters is 1. The van der Waals surface area contributed by atoms with Crippen molar-refractivity contribution in [2.24, 2.45) is 0 Å². The Kier molecular flexibility index (Phi) is 4.50. The predicted molar refractivity (Wildman–Crippen MR) is 68.4 cm³/mol. The van der Waals surface area contributed by atoms with Gasteiger partial charge in [-0.15, -0.1) is 0 Å². The minimum Gasteiger partial charge on any atom is -0.465 e. The van der Waals surface area contributed by atoms with Crippen molar-refractivity contribution < 1.29 is 18.7 Å². The zero-order chi connectivity index (χ0) is 13.8. The Morgan fingerprint density at radius 3 is 3.00 bits per heavy atom. The van der Waals surface area contributed by atoms with E-state index in [0.717, 1.165) is 18.7 Å². The van der Waals surface area contributed by atoms with Crippen molar-refractivity contribution in [1.82, 2.24) is 4.90 Å². The monoisotopic (exact) mass is 267 g/mol. The fraction of sp³-hybridized carbons (Fsp3) is 0.500. The molecule has 19 heavy (non-hydrogen) atoms. The third-order valence-electron chi connectivity index (χ3n) is 3.17. The highest BCUT2D eigenvalue weighted by molar-refractivity contribution is 5.89. The Bertz CT molecular complexity index is 464. The van der Waals surface area contributed by atoms with Crippen molar-refractivity contribution in [3.63, 3.8) is 0 Å². The Morgan fingerprint density at radius 2 is 2.37 bits per heavy atom. The van der Waals surface area contributed by atoms with Gasteiger partial charge < -0.3 is 9.47 Å². The minimum absolute atomic E-state index is 0.0263. The highest BCUT2D eigenvalue weighted by Gasteiger charge is 2.18. The van der Waals surface area contributed by atoms with Crippen molar-refractivity contribution in [3.05, 3.63) is 35.1 Å². The normalized spacial score (nSPS) is 20.3. The Hall–Kier alpha value is -1.46. The number of carbonyl (C=O) groups excluding carboxylic acids is 1. The lowest BCUT2D eigenvalue weighted by molar-refractivity contribution is -0.0212. The van der Waals surface area contributed by atoms with E-state index in [2.05, 4.69) is 9.64 Å². The molecule has 0 aliphatic carbocycles. The molecule has 104 valence electrons. The molecular formula is C14H18FNO3. The van der Waals surface area contributed by atoms with Gasteiger partial charge in [0.25, 0.3) is 0 Å². The van der Waals surface area contributed by atoms with Crippen LogP contribution in [-0.2, 0) is 16.0 Å². The summed E-state index contributed by atoms with van der Waals surface area (Å²) in [5, 5.41) is 0. The molecule has 1 aromatic carbocycles. The van der Waals surface area contributed by atoms with Crippen molar-refractivity contribution in [1.29, 1.82) is 0 Å². The molecule has 1 aliphatic rings. The largest absolute Gasteiger partial charge is 0.465 e. The standard InChI is InChI=1S/C14H18FNO3/c1-10-8-16(5-6-19-10)9-11-3-4-12(13(15)7-11)14(17)18-2/h3-4,7,10H,5-6,8-9H2,1-2H3. The highest BCUT2D eigenvalue weighted by atomic mass is 19.1. The Balaban J connectivity index is 2.05. The molecule has 1 heterocycles. The first-order valence-electron chi connectivity index (χ1n) is 6.31. The summed E-state index contributed by atoms with van der Waals surface area (Å²) in [7, 11) is 1.24. The van der Waals surface area contributed by atoms with Gasteiger partial charge >= 0.3 is 5.97 Å². The van der Waals surface area contributed by atoms with E-state index in [-0.39, 0.29) is 11.7 Å². The molecule has 0 N–H and O–H groups in total. The van der Waals surface area contributed by atoms with Crippen LogP contribution in [0.25, 0.3) is 0 Å². The van der Waals surface area contributed by atoms with E-state index in [1.807, 2.05) is 6.92 Å². The lowest BCUT2D eigenvalue weighted by atomic mass is 10.1. The molecule has 0 radical (unpaired) electrons. The molecule has 1 fully saturated rings. The van der Waals surface area contributed by atoms with Gasteiger partial charge in [0.05, 0.1) is 25.4 Å². The maximum Gasteiger partial charge on any atom is 0.340 e. The van der Waals surface area contributed by atoms with Gasteiger partial charge in [-0.3, -0.25) is 4.90 Å². The smallest absolute Gasteiger partial charge is 0.340 e. The topological polar surface area (TPSA) is 38.8 Å². The van der Waals surface area contributed by atoms with Crippen LogP contribution in [0.4, 0.5) is 4.39 Å². The zero-order valence-electron chi connectivity index (χ0n) is 11.2. The van der Waals surface area contributed by atoms with Crippen LogP contribution < -0.4 is 0 Å². The van der Waals surface area contributed by atoms with Crippen LogP contribution in [-0.4, -0.2) is 43.8 Å². The summed E-state index contributed by atoms with van der Waals surface area (Å²) < 4.78 is 23.7. The number of benzene rings is 1. The summed E-state index contributed by atoms with van der Waals surface area (Å²) in [5.74, 6) is -1.19. The third kappa shape index (κ3) is 3.52. The zero-order valence-corrected chi connectivity index (χ0v) is 11.2. The number of morpholine rings is 1. The summed E-state index contributed by atoms with van der Waals surface area (Å²) in [6, 6.07) is 4.63. The molecule has 1 saturated heterocycles. The van der Waals surface area contributed by atoms with Crippen molar-refractivity contribution in [2.75, 3.05) is 26.8 Å². The first-order chi connectivity index (χ1) is 9.10.